The second kappa shape index (κ2) is 9.90. The molecule has 2 N–H and O–H groups in total. The van der Waals surface area contributed by atoms with Crippen molar-refractivity contribution < 1.29 is 19.2 Å². The number of benzene rings is 2. The number of nitro groups is 1. The van der Waals surface area contributed by atoms with E-state index < -0.39 is 10.8 Å². The second-order valence-electron chi connectivity index (χ2n) is 7.09. The zero-order valence-corrected chi connectivity index (χ0v) is 17.5. The number of anilines is 3. The van der Waals surface area contributed by atoms with E-state index in [0.29, 0.717) is 24.6 Å². The van der Waals surface area contributed by atoms with Crippen molar-refractivity contribution in [3.8, 4) is 0 Å². The van der Waals surface area contributed by atoms with Crippen LogP contribution in [0.25, 0.3) is 0 Å². The molecule has 164 valence electrons. The largest absolute Gasteiger partial charge is 0.383 e. The highest BCUT2D eigenvalue weighted by molar-refractivity contribution is 6.00. The Balaban J connectivity index is 1.59. The van der Waals surface area contributed by atoms with Crippen LogP contribution in [0.1, 0.15) is 10.4 Å². The number of nitrogens with zero attached hydrogens (tertiary/aromatic N) is 3. The van der Waals surface area contributed by atoms with Gasteiger partial charge in [0.2, 0.25) is 5.91 Å². The second-order valence-corrected chi connectivity index (χ2v) is 7.09. The van der Waals surface area contributed by atoms with Crippen LogP contribution < -0.4 is 15.5 Å². The van der Waals surface area contributed by atoms with E-state index in [4.69, 9.17) is 4.74 Å². The van der Waals surface area contributed by atoms with Gasteiger partial charge in [0.05, 0.1) is 24.7 Å². The molecule has 0 aromatic heterocycles. The molecule has 2 aromatic rings. The maximum Gasteiger partial charge on any atom is 0.293 e. The van der Waals surface area contributed by atoms with Gasteiger partial charge in [0.25, 0.3) is 11.6 Å². The minimum atomic E-state index is -0.560. The van der Waals surface area contributed by atoms with E-state index in [1.165, 1.54) is 30.1 Å². The number of nitrogens with one attached hydrogen (secondary N) is 2. The SMILES string of the molecule is CNc1ccc(C(=O)N(C)CC(=O)Nc2ccc(N3CCOCC3)cc2)cc1[N+](=O)[O-]. The van der Waals surface area contributed by atoms with Crippen LogP contribution in [0.3, 0.4) is 0 Å². The number of amides is 2. The predicted octanol–water partition coefficient (Wildman–Crippen LogP) is 2.18. The molecule has 0 saturated carbocycles. The normalized spacial score (nSPS) is 13.4. The molecule has 1 saturated heterocycles. The van der Waals surface area contributed by atoms with Gasteiger partial charge in [-0.2, -0.15) is 0 Å². The minimum absolute atomic E-state index is 0.135. The summed E-state index contributed by atoms with van der Waals surface area (Å²) in [6.45, 7) is 2.85. The van der Waals surface area contributed by atoms with E-state index in [9.17, 15) is 19.7 Å². The Labute approximate surface area is 179 Å². The van der Waals surface area contributed by atoms with E-state index in [0.717, 1.165) is 18.8 Å². The maximum atomic E-state index is 12.6. The molecule has 1 heterocycles. The summed E-state index contributed by atoms with van der Waals surface area (Å²) in [6, 6.07) is 11.6. The van der Waals surface area contributed by atoms with Gasteiger partial charge in [-0.1, -0.05) is 0 Å². The Hall–Kier alpha value is -3.66. The molecule has 1 aliphatic heterocycles. The zero-order chi connectivity index (χ0) is 22.4. The van der Waals surface area contributed by atoms with E-state index in [1.807, 2.05) is 24.3 Å². The number of hydrogen-bond donors (Lipinski definition) is 2. The molecule has 10 heteroatoms. The summed E-state index contributed by atoms with van der Waals surface area (Å²) >= 11 is 0. The molecule has 3 rings (SSSR count). The Bertz CT molecular complexity index is 957. The summed E-state index contributed by atoms with van der Waals surface area (Å²) in [6.07, 6.45) is 0. The fourth-order valence-electron chi connectivity index (χ4n) is 3.31. The topological polar surface area (TPSA) is 117 Å². The summed E-state index contributed by atoms with van der Waals surface area (Å²) in [5, 5.41) is 16.7. The van der Waals surface area contributed by atoms with Crippen LogP contribution in [0.15, 0.2) is 42.5 Å². The summed E-state index contributed by atoms with van der Waals surface area (Å²) in [7, 11) is 3.04. The molecular formula is C21H25N5O5. The first kappa shape index (κ1) is 22.0. The molecule has 0 radical (unpaired) electrons. The van der Waals surface area contributed by atoms with E-state index in [1.54, 1.807) is 7.05 Å². The Morgan fingerprint density at radius 2 is 1.84 bits per heavy atom. The quantitative estimate of drug-likeness (QED) is 0.514. The predicted molar refractivity (Wildman–Crippen MR) is 118 cm³/mol. The van der Waals surface area contributed by atoms with E-state index in [2.05, 4.69) is 15.5 Å². The number of morpholine rings is 1. The third kappa shape index (κ3) is 5.48. The van der Waals surface area contributed by atoms with Crippen LogP contribution in [-0.4, -0.2) is 68.6 Å². The van der Waals surface area contributed by atoms with Crippen LogP contribution in [0.4, 0.5) is 22.7 Å². The van der Waals surface area contributed by atoms with Crippen molar-refractivity contribution in [3.05, 3.63) is 58.1 Å². The molecule has 31 heavy (non-hydrogen) atoms. The number of hydrogen-bond acceptors (Lipinski definition) is 7. The first-order chi connectivity index (χ1) is 14.9. The molecule has 0 unspecified atom stereocenters. The molecule has 2 amide bonds. The molecule has 0 aliphatic carbocycles. The molecule has 0 bridgehead atoms. The molecule has 2 aromatic carbocycles. The number of rotatable bonds is 7. The lowest BCUT2D eigenvalue weighted by molar-refractivity contribution is -0.384. The third-order valence-electron chi connectivity index (χ3n) is 4.97. The van der Waals surface area contributed by atoms with Gasteiger partial charge in [0, 0.05) is 50.2 Å². The summed E-state index contributed by atoms with van der Waals surface area (Å²) in [5.74, 6) is -0.847. The van der Waals surface area contributed by atoms with Gasteiger partial charge in [-0.05, 0) is 36.4 Å². The van der Waals surface area contributed by atoms with Crippen molar-refractivity contribution >= 4 is 34.6 Å². The summed E-state index contributed by atoms with van der Waals surface area (Å²) in [5.41, 5.74) is 1.92. The lowest BCUT2D eigenvalue weighted by atomic mass is 10.1. The number of likely N-dealkylation sites (N-methyl/N-ethyl adjacent to an activating group) is 1. The highest BCUT2D eigenvalue weighted by Crippen LogP contribution is 2.25. The van der Waals surface area contributed by atoms with Crippen molar-refractivity contribution in [2.24, 2.45) is 0 Å². The van der Waals surface area contributed by atoms with E-state index >= 15 is 0 Å². The summed E-state index contributed by atoms with van der Waals surface area (Å²) in [4.78, 5) is 39.0. The van der Waals surface area contributed by atoms with Gasteiger partial charge < -0.3 is 25.2 Å². The Morgan fingerprint density at radius 1 is 1.16 bits per heavy atom. The Morgan fingerprint density at radius 3 is 2.45 bits per heavy atom. The number of carbonyl (C=O) groups excluding carboxylic acids is 2. The molecule has 1 fully saturated rings. The van der Waals surface area contributed by atoms with Crippen LogP contribution in [0.2, 0.25) is 0 Å². The number of carbonyl (C=O) groups is 2. The first-order valence-corrected chi connectivity index (χ1v) is 9.83. The monoisotopic (exact) mass is 427 g/mol. The van der Waals surface area contributed by atoms with Crippen LogP contribution in [-0.2, 0) is 9.53 Å². The lowest BCUT2D eigenvalue weighted by Gasteiger charge is -2.28. The fourth-order valence-corrected chi connectivity index (χ4v) is 3.31. The molecule has 1 aliphatic rings. The van der Waals surface area contributed by atoms with Crippen LogP contribution in [0.5, 0.6) is 0 Å². The van der Waals surface area contributed by atoms with Crippen molar-refractivity contribution in [3.63, 3.8) is 0 Å². The molecule has 0 atom stereocenters. The first-order valence-electron chi connectivity index (χ1n) is 9.83. The maximum absolute atomic E-state index is 12.6. The fraction of sp³-hybridized carbons (Fsp3) is 0.333. The summed E-state index contributed by atoms with van der Waals surface area (Å²) < 4.78 is 5.35. The van der Waals surface area contributed by atoms with Gasteiger partial charge in [0.1, 0.15) is 5.69 Å². The Kier molecular flexibility index (Phi) is 7.03. The van der Waals surface area contributed by atoms with Crippen LogP contribution >= 0.6 is 0 Å². The van der Waals surface area contributed by atoms with Crippen molar-refractivity contribution in [2.75, 3.05) is 62.5 Å². The van der Waals surface area contributed by atoms with Gasteiger partial charge >= 0.3 is 0 Å². The number of nitro benzene ring substituents is 1. The molecule has 0 spiro atoms. The van der Waals surface area contributed by atoms with Gasteiger partial charge in [-0.25, -0.2) is 0 Å². The highest BCUT2D eigenvalue weighted by atomic mass is 16.6. The number of ether oxygens (including phenoxy) is 1. The van der Waals surface area contributed by atoms with Crippen molar-refractivity contribution in [1.82, 2.24) is 4.90 Å². The average Bonchev–Trinajstić information content (AvgIpc) is 2.79. The standard InChI is InChI=1S/C21H25N5O5/c1-22-18-8-3-15(13-19(18)26(29)30)21(28)24(2)14-20(27)23-16-4-6-17(7-5-16)25-9-11-31-12-10-25/h3-8,13,22H,9-12,14H2,1-2H3,(H,23,27). The van der Waals surface area contributed by atoms with Crippen LogP contribution in [0, 0.1) is 10.1 Å². The lowest BCUT2D eigenvalue weighted by Crippen LogP contribution is -2.36. The molecular weight excluding hydrogens is 402 g/mol. The molecule has 10 nitrogen and oxygen atoms in total. The van der Waals surface area contributed by atoms with Gasteiger partial charge in [-0.15, -0.1) is 0 Å². The smallest absolute Gasteiger partial charge is 0.293 e. The average molecular weight is 427 g/mol. The highest BCUT2D eigenvalue weighted by Gasteiger charge is 2.20. The zero-order valence-electron chi connectivity index (χ0n) is 17.5. The van der Waals surface area contributed by atoms with Crippen molar-refractivity contribution in [2.45, 2.75) is 0 Å². The van der Waals surface area contributed by atoms with Crippen molar-refractivity contribution in [1.29, 1.82) is 0 Å². The third-order valence-corrected chi connectivity index (χ3v) is 4.97. The van der Waals surface area contributed by atoms with Gasteiger partial charge in [-0.3, -0.25) is 19.7 Å². The van der Waals surface area contributed by atoms with Gasteiger partial charge in [0.15, 0.2) is 0 Å². The minimum Gasteiger partial charge on any atom is -0.383 e. The van der Waals surface area contributed by atoms with E-state index in [-0.39, 0.29) is 23.7 Å².